The predicted octanol–water partition coefficient (Wildman–Crippen LogP) is 12.8. The topological polar surface area (TPSA) is 194 Å². The van der Waals surface area contributed by atoms with Crippen molar-refractivity contribution < 1.29 is 49.6 Å². The Morgan fingerprint density at radius 3 is 2.40 bits per heavy atom. The zero-order valence-electron chi connectivity index (χ0n) is 48.7. The van der Waals surface area contributed by atoms with E-state index in [4.69, 9.17) is 14.2 Å². The number of nitrogens with one attached hydrogen (secondary N) is 2. The average Bonchev–Trinajstić information content (AvgIpc) is 0.879. The van der Waals surface area contributed by atoms with Gasteiger partial charge in [0, 0.05) is 79.1 Å². The summed E-state index contributed by atoms with van der Waals surface area (Å²) in [4.78, 5) is 20.6. The molecule has 0 radical (unpaired) electrons. The predicted molar refractivity (Wildman–Crippen MR) is 342 cm³/mol. The fraction of sp³-hybridized carbons (Fsp3) is 0.515. The molecule has 0 amide bonds. The van der Waals surface area contributed by atoms with Crippen LogP contribution in [-0.2, 0) is 47.2 Å². The molecule has 0 spiro atoms. The van der Waals surface area contributed by atoms with Crippen LogP contribution < -0.4 is 14.8 Å². The number of aliphatic hydroxyl groups excluding tert-OH is 3. The van der Waals surface area contributed by atoms with Gasteiger partial charge in [-0.2, -0.15) is 0 Å². The van der Waals surface area contributed by atoms with Crippen LogP contribution in [0.15, 0.2) is 97.3 Å². The van der Waals surface area contributed by atoms with E-state index in [-0.39, 0.29) is 53.3 Å². The number of hydrogen-bond donors (Lipinski definition) is 8. The second-order valence-corrected chi connectivity index (χ2v) is 29.7. The van der Waals surface area contributed by atoms with E-state index < -0.39 is 41.3 Å². The summed E-state index contributed by atoms with van der Waals surface area (Å²) in [5.41, 5.74) is 5.95. The number of aryl methyl sites for hydroxylation is 1. The average molecular weight is 1220 g/mol. The third-order valence-electron chi connectivity index (χ3n) is 19.4. The van der Waals surface area contributed by atoms with Gasteiger partial charge in [0.1, 0.15) is 11.9 Å². The number of carbonyl (C=O) groups excluding carboxylic acids is 1. The third kappa shape index (κ3) is 12.8. The van der Waals surface area contributed by atoms with Gasteiger partial charge in [-0.05, 0) is 180 Å². The van der Waals surface area contributed by atoms with Crippen LogP contribution in [0.2, 0.25) is 0 Å². The number of rotatable bonds is 13. The minimum Gasteiger partial charge on any atom is -0.508 e. The Morgan fingerprint density at radius 1 is 0.810 bits per heavy atom. The molecule has 11 unspecified atom stereocenters. The van der Waals surface area contributed by atoms with Crippen LogP contribution in [0.3, 0.4) is 0 Å². The molecule has 2 aliphatic heterocycles. The Morgan fingerprint density at radius 2 is 1.62 bits per heavy atom. The number of methoxy groups -OCH3 is 1. The molecule has 2 bridgehead atoms. The quantitative estimate of drug-likeness (QED) is 0.0509. The number of hydrogen-bond acceptors (Lipinski definition) is 15. The lowest BCUT2D eigenvalue weighted by atomic mass is 9.52. The molecule has 3 saturated carbocycles. The number of H-pyrrole nitrogens is 1. The number of aromatic nitrogens is 1. The highest BCUT2D eigenvalue weighted by atomic mass is 33.1. The fourth-order valence-electron chi connectivity index (χ4n) is 15.1. The van der Waals surface area contributed by atoms with Gasteiger partial charge in [-0.15, -0.1) is 0 Å². The molecule has 84 heavy (non-hydrogen) atoms. The molecule has 5 aromatic carbocycles. The number of ketones is 1. The van der Waals surface area contributed by atoms with Gasteiger partial charge in [0.05, 0.1) is 36.6 Å². The summed E-state index contributed by atoms with van der Waals surface area (Å²) in [6, 6.07) is 26.8. The molecule has 8 N–H and O–H groups in total. The Hall–Kier alpha value is -4.49. The molecule has 0 saturated heterocycles. The summed E-state index contributed by atoms with van der Waals surface area (Å²) in [6.45, 7) is 3.86. The van der Waals surface area contributed by atoms with Crippen LogP contribution in [0.1, 0.15) is 126 Å². The van der Waals surface area contributed by atoms with Crippen LogP contribution in [-0.4, -0.2) is 111 Å². The lowest BCUT2D eigenvalue weighted by Crippen LogP contribution is -2.62. The molecule has 3 heterocycles. The van der Waals surface area contributed by atoms with Crippen molar-refractivity contribution in [1.29, 1.82) is 0 Å². The number of aromatic amines is 1. The smallest absolute Gasteiger partial charge is 0.164 e. The highest BCUT2D eigenvalue weighted by Crippen LogP contribution is 2.57. The van der Waals surface area contributed by atoms with E-state index in [0.717, 1.165) is 87.8 Å². The summed E-state index contributed by atoms with van der Waals surface area (Å²) in [6.07, 6.45) is 12.2. The Kier molecular flexibility index (Phi) is 20.2. The Labute approximate surface area is 511 Å². The van der Waals surface area contributed by atoms with E-state index in [1.807, 2.05) is 55.8 Å². The minimum atomic E-state index is -1.74. The van der Waals surface area contributed by atoms with Crippen molar-refractivity contribution in [3.63, 3.8) is 0 Å². The van der Waals surface area contributed by atoms with Gasteiger partial charge in [-0.3, -0.25) is 4.79 Å². The first-order chi connectivity index (χ1) is 40.9. The van der Waals surface area contributed by atoms with E-state index >= 15 is 4.79 Å². The second-order valence-electron chi connectivity index (χ2n) is 24.5. The van der Waals surface area contributed by atoms with Crippen molar-refractivity contribution in [2.24, 2.45) is 35.5 Å². The zero-order valence-corrected chi connectivity index (χ0v) is 51.9. The number of aliphatic hydroxyl groups is 3. The maximum atomic E-state index is 17.4. The normalized spacial score (nSPS) is 28.1. The van der Waals surface area contributed by atoms with E-state index in [2.05, 4.69) is 41.5 Å². The van der Waals surface area contributed by atoms with E-state index in [1.165, 1.54) is 32.1 Å². The molecule has 450 valence electrons. The lowest BCUT2D eigenvalue weighted by molar-refractivity contribution is -0.150. The zero-order chi connectivity index (χ0) is 58.5. The largest absolute Gasteiger partial charge is 0.508 e. The summed E-state index contributed by atoms with van der Waals surface area (Å²) in [7, 11) is 9.94. The summed E-state index contributed by atoms with van der Waals surface area (Å²) in [5, 5.41) is 79.1. The molecule has 6 aromatic rings. The molecular weight excluding hydrogens is 1130 g/mol. The summed E-state index contributed by atoms with van der Waals surface area (Å²) in [5.74, 6) is 0.134. The van der Waals surface area contributed by atoms with E-state index in [1.54, 1.807) is 74.6 Å². The highest BCUT2D eigenvalue weighted by molar-refractivity contribution is 8.77. The van der Waals surface area contributed by atoms with Gasteiger partial charge in [0.2, 0.25) is 0 Å². The number of phenolic OH excluding ortho intramolecular Hbond substituents is 3. The van der Waals surface area contributed by atoms with E-state index in [9.17, 15) is 30.6 Å². The van der Waals surface area contributed by atoms with Crippen LogP contribution in [0.5, 0.6) is 28.7 Å². The first-order valence-corrected chi connectivity index (χ1v) is 35.4. The maximum Gasteiger partial charge on any atom is 0.164 e. The molecule has 3 fully saturated rings. The number of ether oxygens (including phenoxy) is 3. The third-order valence-corrected chi connectivity index (χ3v) is 24.8. The van der Waals surface area contributed by atoms with Gasteiger partial charge in [0.15, 0.2) is 28.8 Å². The summed E-state index contributed by atoms with van der Waals surface area (Å²) < 4.78 is 19.6. The molecular formula is C68H84N2O10S4. The van der Waals surface area contributed by atoms with Gasteiger partial charge in [-0.25, -0.2) is 0 Å². The van der Waals surface area contributed by atoms with Crippen molar-refractivity contribution in [3.05, 3.63) is 147 Å². The number of aromatic hydroxyl groups is 3. The van der Waals surface area contributed by atoms with Crippen LogP contribution in [0.25, 0.3) is 10.8 Å². The number of phenols is 3. The minimum absolute atomic E-state index is 0.000755. The Bertz CT molecular complexity index is 3210. The first-order valence-electron chi connectivity index (χ1n) is 30.5. The number of Topliss-reactive ketones (excluding diaryl/α,β-unsaturated/α-hetero) is 1. The molecule has 12 nitrogen and oxygen atoms in total. The van der Waals surface area contributed by atoms with Crippen molar-refractivity contribution >= 4 is 59.7 Å². The van der Waals surface area contributed by atoms with Gasteiger partial charge in [0.25, 0.3) is 0 Å². The molecule has 11 rings (SSSR count). The van der Waals surface area contributed by atoms with Gasteiger partial charge < -0.3 is 55.2 Å². The van der Waals surface area contributed by atoms with Crippen molar-refractivity contribution in [3.8, 4) is 28.7 Å². The molecule has 5 aliphatic rings. The van der Waals surface area contributed by atoms with Crippen LogP contribution >= 0.6 is 43.2 Å². The molecule has 11 atom stereocenters. The first kappa shape index (κ1) is 61.2. The summed E-state index contributed by atoms with van der Waals surface area (Å²) >= 11 is 0. The molecule has 16 heteroatoms. The number of fused-ring (bicyclic) bond motifs is 5. The highest BCUT2D eigenvalue weighted by Gasteiger charge is 2.61. The van der Waals surface area contributed by atoms with Crippen molar-refractivity contribution in [2.75, 3.05) is 51.2 Å². The van der Waals surface area contributed by atoms with Crippen LogP contribution in [0.4, 0.5) is 0 Å². The molecule has 3 aliphatic carbocycles. The Balaban J connectivity index is 1.04. The number of benzene rings is 5. The monoisotopic (exact) mass is 1220 g/mol. The lowest BCUT2D eigenvalue weighted by Gasteiger charge is -2.52. The fourth-order valence-corrected chi connectivity index (χ4v) is 20.9. The number of carbonyl (C=O) groups is 1. The van der Waals surface area contributed by atoms with Gasteiger partial charge in [-0.1, -0.05) is 118 Å². The SMILES string of the molecule is CCc1ccc2cccc3c2c1Cc1c(ccc(O)c1OC)CC(Cc1cc[nH]c1)C(O)C1C(=O)C(c2cc(O)cc(CNC)c2)(C2CSSCC4CCC(COCC5CCCCC5)CC4Oc4cc2ccc4O)C(O)CC1CSSC3CO. The standard InChI is InChI=1S/C68H84N2O10S4/c1-4-44-15-16-45-11-8-12-53-61(34-71)84-83-38-50-29-62(75)68(51-24-43(32-69-2)25-52(72)30-51,67(77)64(50)65(76)49(23-41-21-22-70-33-41)27-46-17-20-58(74)66(78-3)55(46)31-54(44)63(45)53)56-39-82-81-37-48-14-13-42(36-79-35-40-9-6-5-7-10-40)26-59(48)80-60-28-47(56)18-19-57(60)73/h8,11-12,15-22,24-25,28,30,33,40,42,48-50,56,59,61-62,64-65,69-76H,4-7,9-10,13-14,23,26-27,29,31-32,34-39H2,1-3H3. The van der Waals surface area contributed by atoms with E-state index in [0.29, 0.717) is 78.4 Å². The van der Waals surface area contributed by atoms with Crippen molar-refractivity contribution in [2.45, 2.75) is 132 Å². The van der Waals surface area contributed by atoms with Crippen molar-refractivity contribution in [1.82, 2.24) is 10.3 Å². The maximum absolute atomic E-state index is 17.4. The van der Waals surface area contributed by atoms with Crippen LogP contribution in [0, 0.1) is 35.5 Å². The molecule has 1 aromatic heterocycles. The van der Waals surface area contributed by atoms with Gasteiger partial charge >= 0.3 is 0 Å². The second kappa shape index (κ2) is 27.7.